The first-order valence-electron chi connectivity index (χ1n) is 7.91. The van der Waals surface area contributed by atoms with Crippen LogP contribution < -0.4 is 16.4 Å². The van der Waals surface area contributed by atoms with Crippen molar-refractivity contribution in [3.63, 3.8) is 0 Å². The zero-order chi connectivity index (χ0) is 17.1. The number of hydrogen-bond donors (Lipinski definition) is 2. The van der Waals surface area contributed by atoms with Gasteiger partial charge in [-0.25, -0.2) is 4.79 Å². The Balaban J connectivity index is 1.76. The molecule has 1 saturated heterocycles. The predicted molar refractivity (Wildman–Crippen MR) is 87.5 cm³/mol. The summed E-state index contributed by atoms with van der Waals surface area (Å²) in [5.41, 5.74) is 1.27. The van der Waals surface area contributed by atoms with Crippen LogP contribution in [0.4, 0.5) is 0 Å². The van der Waals surface area contributed by atoms with Crippen molar-refractivity contribution in [2.45, 2.75) is 19.0 Å². The number of hydrogen-bond acceptors (Lipinski definition) is 5. The minimum Gasteiger partial charge on any atom is -0.408 e. The van der Waals surface area contributed by atoms with E-state index >= 15 is 0 Å². The second-order valence-corrected chi connectivity index (χ2v) is 5.71. The number of rotatable bonds is 5. The summed E-state index contributed by atoms with van der Waals surface area (Å²) in [7, 11) is 1.55. The van der Waals surface area contributed by atoms with Gasteiger partial charge in [-0.1, -0.05) is 12.1 Å². The Morgan fingerprint density at radius 2 is 2.12 bits per heavy atom. The maximum Gasteiger partial charge on any atom is 0.419 e. The molecular formula is C16H20N4O4. The minimum absolute atomic E-state index is 0.101. The zero-order valence-corrected chi connectivity index (χ0v) is 13.4. The van der Waals surface area contributed by atoms with Gasteiger partial charge in [0.2, 0.25) is 11.8 Å². The lowest BCUT2D eigenvalue weighted by atomic mass is 10.1. The number of piperazine rings is 1. The molecule has 128 valence electrons. The number of amides is 2. The second-order valence-electron chi connectivity index (χ2n) is 5.71. The van der Waals surface area contributed by atoms with Crippen LogP contribution in [-0.4, -0.2) is 54.0 Å². The van der Waals surface area contributed by atoms with Crippen molar-refractivity contribution in [3.8, 4) is 0 Å². The van der Waals surface area contributed by atoms with E-state index in [4.69, 9.17) is 4.42 Å². The first-order chi connectivity index (χ1) is 11.6. The topological polar surface area (TPSA) is 96.6 Å². The number of oxazole rings is 1. The minimum atomic E-state index is -0.521. The third kappa shape index (κ3) is 3.18. The van der Waals surface area contributed by atoms with Crippen LogP contribution in [0.1, 0.15) is 6.42 Å². The molecule has 1 aliphatic heterocycles. The van der Waals surface area contributed by atoms with E-state index < -0.39 is 11.8 Å². The van der Waals surface area contributed by atoms with E-state index in [1.807, 2.05) is 23.1 Å². The van der Waals surface area contributed by atoms with E-state index in [0.29, 0.717) is 31.8 Å². The largest absolute Gasteiger partial charge is 0.419 e. The van der Waals surface area contributed by atoms with Crippen molar-refractivity contribution in [2.75, 3.05) is 26.7 Å². The van der Waals surface area contributed by atoms with Gasteiger partial charge in [0, 0.05) is 33.2 Å². The highest BCUT2D eigenvalue weighted by Gasteiger charge is 2.31. The number of benzene rings is 1. The predicted octanol–water partition coefficient (Wildman–Crippen LogP) is -0.469. The molecule has 8 nitrogen and oxygen atoms in total. The van der Waals surface area contributed by atoms with Gasteiger partial charge in [-0.15, -0.1) is 0 Å². The van der Waals surface area contributed by atoms with Crippen LogP contribution in [0.3, 0.4) is 0 Å². The van der Waals surface area contributed by atoms with Gasteiger partial charge in [-0.05, 0) is 12.1 Å². The van der Waals surface area contributed by atoms with E-state index in [1.54, 1.807) is 17.7 Å². The molecule has 2 amide bonds. The normalized spacial score (nSPS) is 18.5. The Morgan fingerprint density at radius 3 is 2.92 bits per heavy atom. The van der Waals surface area contributed by atoms with Crippen LogP contribution >= 0.6 is 0 Å². The van der Waals surface area contributed by atoms with Gasteiger partial charge in [-0.2, -0.15) is 0 Å². The molecule has 3 rings (SSSR count). The number of nitrogens with one attached hydrogen (secondary N) is 2. The highest BCUT2D eigenvalue weighted by atomic mass is 16.4. The number of carbonyl (C=O) groups excluding carboxylic acids is 2. The molecule has 1 fully saturated rings. The van der Waals surface area contributed by atoms with Crippen molar-refractivity contribution in [1.29, 1.82) is 0 Å². The highest BCUT2D eigenvalue weighted by molar-refractivity contribution is 5.88. The Labute approximate surface area is 138 Å². The average molecular weight is 332 g/mol. The first-order valence-corrected chi connectivity index (χ1v) is 7.91. The fourth-order valence-electron chi connectivity index (χ4n) is 2.98. The number of para-hydroxylation sites is 2. The number of carbonyl (C=O) groups is 2. The fraction of sp³-hybridized carbons (Fsp3) is 0.438. The monoisotopic (exact) mass is 332 g/mol. The molecular weight excluding hydrogens is 312 g/mol. The van der Waals surface area contributed by atoms with Crippen LogP contribution in [-0.2, 0) is 16.1 Å². The van der Waals surface area contributed by atoms with Gasteiger partial charge in [0.15, 0.2) is 5.58 Å². The van der Waals surface area contributed by atoms with E-state index in [1.165, 1.54) is 0 Å². The second kappa shape index (κ2) is 6.88. The van der Waals surface area contributed by atoms with E-state index in [2.05, 4.69) is 10.6 Å². The summed E-state index contributed by atoms with van der Waals surface area (Å²) >= 11 is 0. The summed E-state index contributed by atoms with van der Waals surface area (Å²) in [6.45, 7) is 2.05. The molecule has 0 unspecified atom stereocenters. The molecule has 1 aromatic carbocycles. The van der Waals surface area contributed by atoms with Crippen LogP contribution in [0.2, 0.25) is 0 Å². The number of aromatic nitrogens is 1. The van der Waals surface area contributed by atoms with Crippen molar-refractivity contribution in [3.05, 3.63) is 34.8 Å². The lowest BCUT2D eigenvalue weighted by molar-refractivity contribution is -0.133. The van der Waals surface area contributed by atoms with Gasteiger partial charge in [0.1, 0.15) is 0 Å². The molecule has 0 spiro atoms. The molecule has 0 radical (unpaired) electrons. The third-order valence-corrected chi connectivity index (χ3v) is 4.28. The van der Waals surface area contributed by atoms with Gasteiger partial charge in [-0.3, -0.25) is 19.1 Å². The maximum atomic E-state index is 12.1. The fourth-order valence-corrected chi connectivity index (χ4v) is 2.98. The quantitative estimate of drug-likeness (QED) is 0.772. The average Bonchev–Trinajstić information content (AvgIpc) is 2.90. The first kappa shape index (κ1) is 16.3. The summed E-state index contributed by atoms with van der Waals surface area (Å²) in [4.78, 5) is 37.7. The molecule has 8 heteroatoms. The van der Waals surface area contributed by atoms with Crippen molar-refractivity contribution < 1.29 is 14.0 Å². The lowest BCUT2D eigenvalue weighted by Crippen LogP contribution is -2.57. The van der Waals surface area contributed by atoms with Crippen molar-refractivity contribution >= 4 is 22.9 Å². The van der Waals surface area contributed by atoms with Gasteiger partial charge in [0.25, 0.3) is 0 Å². The van der Waals surface area contributed by atoms with Crippen LogP contribution in [0.25, 0.3) is 11.1 Å². The molecule has 0 saturated carbocycles. The van der Waals surface area contributed by atoms with E-state index in [9.17, 15) is 14.4 Å². The smallest absolute Gasteiger partial charge is 0.408 e. The van der Waals surface area contributed by atoms with Crippen LogP contribution in [0, 0.1) is 0 Å². The Morgan fingerprint density at radius 1 is 1.33 bits per heavy atom. The van der Waals surface area contributed by atoms with E-state index in [-0.39, 0.29) is 18.2 Å². The summed E-state index contributed by atoms with van der Waals surface area (Å²) in [6, 6.07) is 6.70. The SMILES string of the molecule is CNC(=O)C[C@H]1C(=O)NCCN1CCn1c(=O)oc2ccccc21. The molecule has 24 heavy (non-hydrogen) atoms. The van der Waals surface area contributed by atoms with Gasteiger partial charge >= 0.3 is 5.76 Å². The van der Waals surface area contributed by atoms with Crippen LogP contribution in [0.15, 0.2) is 33.5 Å². The molecule has 1 atom stereocenters. The zero-order valence-electron chi connectivity index (χ0n) is 13.4. The Hall–Kier alpha value is -2.61. The summed E-state index contributed by atoms with van der Waals surface area (Å²) in [5.74, 6) is -0.761. The molecule has 0 aliphatic carbocycles. The molecule has 0 bridgehead atoms. The Bertz CT molecular complexity index is 810. The third-order valence-electron chi connectivity index (χ3n) is 4.28. The number of fused-ring (bicyclic) bond motifs is 1. The number of nitrogens with zero attached hydrogens (tertiary/aromatic N) is 2. The summed E-state index contributed by atoms with van der Waals surface area (Å²) < 4.78 is 6.77. The molecule has 1 aromatic heterocycles. The Kier molecular flexibility index (Phi) is 4.66. The molecule has 1 aliphatic rings. The van der Waals surface area contributed by atoms with Gasteiger partial charge in [0.05, 0.1) is 18.0 Å². The molecule has 2 N–H and O–H groups in total. The van der Waals surface area contributed by atoms with E-state index in [0.717, 1.165) is 5.52 Å². The standard InChI is InChI=1S/C16H20N4O4/c1-17-14(21)10-12-15(22)18-6-7-19(12)8-9-20-11-4-2-3-5-13(11)24-16(20)23/h2-5,12H,6-10H2,1H3,(H,17,21)(H,18,22)/t12-/m0/s1. The summed E-state index contributed by atoms with van der Waals surface area (Å²) in [5, 5.41) is 5.32. The van der Waals surface area contributed by atoms with Crippen LogP contribution in [0.5, 0.6) is 0 Å². The lowest BCUT2D eigenvalue weighted by Gasteiger charge is -2.34. The highest BCUT2D eigenvalue weighted by Crippen LogP contribution is 2.13. The molecule has 2 aromatic rings. The summed E-state index contributed by atoms with van der Waals surface area (Å²) in [6.07, 6.45) is 0.101. The van der Waals surface area contributed by atoms with Crippen molar-refractivity contribution in [1.82, 2.24) is 20.1 Å². The van der Waals surface area contributed by atoms with Crippen molar-refractivity contribution in [2.24, 2.45) is 0 Å². The van der Waals surface area contributed by atoms with Gasteiger partial charge < -0.3 is 15.1 Å². The maximum absolute atomic E-state index is 12.1. The molecule has 2 heterocycles.